The summed E-state index contributed by atoms with van der Waals surface area (Å²) in [4.78, 5) is 23.8. The number of benzene rings is 1. The lowest BCUT2D eigenvalue weighted by Crippen LogP contribution is -2.47. The molecule has 28 heavy (non-hydrogen) atoms. The first-order valence-corrected chi connectivity index (χ1v) is 11.3. The lowest BCUT2D eigenvalue weighted by Gasteiger charge is -2.29. The Bertz CT molecular complexity index is 933. The SMILES string of the molecule is COC(=O)C1CCN(S(=O)(=O)NC(=O)c2ccc(S(=O)(=O)N(C)C)cc2)CC1. The Hall–Kier alpha value is -2.02. The molecule has 0 saturated carbocycles. The molecule has 1 fully saturated rings. The Labute approximate surface area is 164 Å². The lowest BCUT2D eigenvalue weighted by molar-refractivity contribution is -0.146. The zero-order valence-electron chi connectivity index (χ0n) is 15.8. The minimum Gasteiger partial charge on any atom is -0.469 e. The van der Waals surface area contributed by atoms with E-state index in [-0.39, 0.29) is 35.4 Å². The summed E-state index contributed by atoms with van der Waals surface area (Å²) >= 11 is 0. The molecule has 1 amide bonds. The molecule has 0 radical (unpaired) electrons. The molecule has 1 aliphatic heterocycles. The molecule has 156 valence electrons. The molecule has 1 aromatic carbocycles. The summed E-state index contributed by atoms with van der Waals surface area (Å²) in [6, 6.07) is 4.95. The Kier molecular flexibility index (Phi) is 6.80. The highest BCUT2D eigenvalue weighted by Crippen LogP contribution is 2.20. The van der Waals surface area contributed by atoms with Crippen LogP contribution in [0.25, 0.3) is 0 Å². The van der Waals surface area contributed by atoms with Crippen molar-refractivity contribution in [2.75, 3.05) is 34.3 Å². The first kappa shape index (κ1) is 22.3. The van der Waals surface area contributed by atoms with Crippen LogP contribution in [0.2, 0.25) is 0 Å². The Morgan fingerprint density at radius 3 is 2.07 bits per heavy atom. The number of ether oxygens (including phenoxy) is 1. The summed E-state index contributed by atoms with van der Waals surface area (Å²) in [5.74, 6) is -1.61. The van der Waals surface area contributed by atoms with Gasteiger partial charge in [0.25, 0.3) is 5.91 Å². The number of amides is 1. The van der Waals surface area contributed by atoms with Crippen LogP contribution in [0.4, 0.5) is 0 Å². The Morgan fingerprint density at radius 1 is 1.07 bits per heavy atom. The van der Waals surface area contributed by atoms with Crippen molar-refractivity contribution in [3.05, 3.63) is 29.8 Å². The van der Waals surface area contributed by atoms with E-state index in [0.29, 0.717) is 12.8 Å². The van der Waals surface area contributed by atoms with Crippen LogP contribution < -0.4 is 4.72 Å². The maximum absolute atomic E-state index is 12.4. The number of esters is 1. The highest BCUT2D eigenvalue weighted by Gasteiger charge is 2.32. The van der Waals surface area contributed by atoms with Crippen molar-refractivity contribution >= 4 is 32.1 Å². The van der Waals surface area contributed by atoms with Gasteiger partial charge in [0.15, 0.2) is 0 Å². The van der Waals surface area contributed by atoms with E-state index in [2.05, 4.69) is 4.74 Å². The zero-order chi connectivity index (χ0) is 21.1. The van der Waals surface area contributed by atoms with Crippen molar-refractivity contribution in [2.45, 2.75) is 17.7 Å². The van der Waals surface area contributed by atoms with Crippen LogP contribution in [-0.2, 0) is 29.8 Å². The molecule has 1 saturated heterocycles. The van der Waals surface area contributed by atoms with Gasteiger partial charge in [-0.2, -0.15) is 12.7 Å². The van der Waals surface area contributed by atoms with Crippen molar-refractivity contribution in [1.82, 2.24) is 13.3 Å². The topological polar surface area (TPSA) is 130 Å². The molecule has 1 aromatic rings. The van der Waals surface area contributed by atoms with E-state index in [1.54, 1.807) is 0 Å². The van der Waals surface area contributed by atoms with Crippen molar-refractivity contribution in [1.29, 1.82) is 0 Å². The van der Waals surface area contributed by atoms with Crippen LogP contribution in [0, 0.1) is 5.92 Å². The van der Waals surface area contributed by atoms with E-state index in [9.17, 15) is 26.4 Å². The Balaban J connectivity index is 2.05. The average Bonchev–Trinajstić information content (AvgIpc) is 2.67. The molecule has 0 aliphatic carbocycles. The van der Waals surface area contributed by atoms with Gasteiger partial charge in [-0.1, -0.05) is 0 Å². The van der Waals surface area contributed by atoms with Gasteiger partial charge in [0.2, 0.25) is 10.0 Å². The van der Waals surface area contributed by atoms with E-state index < -0.39 is 26.1 Å². The van der Waals surface area contributed by atoms with E-state index in [1.807, 2.05) is 4.72 Å². The van der Waals surface area contributed by atoms with Gasteiger partial charge in [0, 0.05) is 32.7 Å². The predicted molar refractivity (Wildman–Crippen MR) is 100 cm³/mol. The monoisotopic (exact) mass is 433 g/mol. The maximum atomic E-state index is 12.4. The summed E-state index contributed by atoms with van der Waals surface area (Å²) in [6.07, 6.45) is 0.609. The number of sulfonamides is 1. The number of rotatable bonds is 6. The molecule has 1 aliphatic rings. The summed E-state index contributed by atoms with van der Waals surface area (Å²) in [6.45, 7) is 0.171. The number of carbonyl (C=O) groups is 2. The summed E-state index contributed by atoms with van der Waals surface area (Å²) < 4.78 is 57.6. The molecule has 10 nitrogen and oxygen atoms in total. The van der Waals surface area contributed by atoms with Gasteiger partial charge in [-0.3, -0.25) is 9.59 Å². The highest BCUT2D eigenvalue weighted by atomic mass is 32.2. The first-order chi connectivity index (χ1) is 13.0. The largest absolute Gasteiger partial charge is 0.469 e. The molecule has 0 unspecified atom stereocenters. The van der Waals surface area contributed by atoms with Crippen LogP contribution >= 0.6 is 0 Å². The highest BCUT2D eigenvalue weighted by molar-refractivity contribution is 7.89. The van der Waals surface area contributed by atoms with Gasteiger partial charge in [0.05, 0.1) is 17.9 Å². The van der Waals surface area contributed by atoms with Crippen LogP contribution in [0.1, 0.15) is 23.2 Å². The van der Waals surface area contributed by atoms with Crippen LogP contribution in [0.5, 0.6) is 0 Å². The quantitative estimate of drug-likeness (QED) is 0.615. The van der Waals surface area contributed by atoms with Crippen LogP contribution in [0.15, 0.2) is 29.2 Å². The normalized spacial score (nSPS) is 16.7. The molecule has 0 bridgehead atoms. The number of piperidine rings is 1. The molecule has 12 heteroatoms. The average molecular weight is 434 g/mol. The minimum atomic E-state index is -4.08. The van der Waals surface area contributed by atoms with Gasteiger partial charge in [0.1, 0.15) is 0 Å². The predicted octanol–water partition coefficient (Wildman–Crippen LogP) is -0.203. The van der Waals surface area contributed by atoms with Crippen molar-refractivity contribution in [2.24, 2.45) is 5.92 Å². The van der Waals surface area contributed by atoms with Gasteiger partial charge >= 0.3 is 16.2 Å². The number of hydrogen-bond acceptors (Lipinski definition) is 7. The van der Waals surface area contributed by atoms with Gasteiger partial charge in [-0.15, -0.1) is 0 Å². The fourth-order valence-electron chi connectivity index (χ4n) is 2.73. The third kappa shape index (κ3) is 4.87. The summed E-state index contributed by atoms with van der Waals surface area (Å²) in [7, 11) is -3.69. The van der Waals surface area contributed by atoms with E-state index in [4.69, 9.17) is 0 Å². The number of nitrogens with zero attached hydrogens (tertiary/aromatic N) is 2. The van der Waals surface area contributed by atoms with Crippen LogP contribution in [-0.4, -0.2) is 71.6 Å². The number of nitrogens with one attached hydrogen (secondary N) is 1. The van der Waals surface area contributed by atoms with Gasteiger partial charge in [-0.25, -0.2) is 17.4 Å². The van der Waals surface area contributed by atoms with E-state index in [1.165, 1.54) is 45.5 Å². The molecule has 0 spiro atoms. The van der Waals surface area contributed by atoms with Crippen molar-refractivity contribution in [3.63, 3.8) is 0 Å². The van der Waals surface area contributed by atoms with E-state index >= 15 is 0 Å². The molecule has 1 heterocycles. The summed E-state index contributed by atoms with van der Waals surface area (Å²) in [5.41, 5.74) is 0.00530. The molecular formula is C16H23N3O7S2. The second kappa shape index (κ2) is 8.55. The number of carbonyl (C=O) groups excluding carboxylic acids is 2. The van der Waals surface area contributed by atoms with Crippen molar-refractivity contribution < 1.29 is 31.2 Å². The molecular weight excluding hydrogens is 410 g/mol. The number of hydrogen-bond donors (Lipinski definition) is 1. The number of methoxy groups -OCH3 is 1. The summed E-state index contributed by atoms with van der Waals surface area (Å²) in [5, 5.41) is 0. The molecule has 0 atom stereocenters. The van der Waals surface area contributed by atoms with E-state index in [0.717, 1.165) is 8.61 Å². The van der Waals surface area contributed by atoms with Crippen molar-refractivity contribution in [3.8, 4) is 0 Å². The first-order valence-electron chi connectivity index (χ1n) is 8.41. The maximum Gasteiger partial charge on any atom is 0.308 e. The van der Waals surface area contributed by atoms with Crippen LogP contribution in [0.3, 0.4) is 0 Å². The minimum absolute atomic E-state index is 0.00530. The molecule has 0 aromatic heterocycles. The Morgan fingerprint density at radius 2 is 1.61 bits per heavy atom. The molecule has 1 N–H and O–H groups in total. The lowest BCUT2D eigenvalue weighted by atomic mass is 9.99. The van der Waals surface area contributed by atoms with Gasteiger partial charge in [-0.05, 0) is 37.1 Å². The fourth-order valence-corrected chi connectivity index (χ4v) is 4.80. The third-order valence-electron chi connectivity index (χ3n) is 4.45. The smallest absolute Gasteiger partial charge is 0.308 e. The second-order valence-electron chi connectivity index (χ2n) is 6.44. The third-order valence-corrected chi connectivity index (χ3v) is 7.76. The zero-order valence-corrected chi connectivity index (χ0v) is 17.4. The second-order valence-corrected chi connectivity index (χ2v) is 10.3. The fraction of sp³-hybridized carbons (Fsp3) is 0.500. The standard InChI is InChI=1S/C16H23N3O7S2/c1-18(2)27(22,23)14-6-4-12(5-7-14)15(20)17-28(24,25)19-10-8-13(9-11-19)16(21)26-3/h4-7,13H,8-11H2,1-3H3,(H,17,20). The van der Waals surface area contributed by atoms with Gasteiger partial charge < -0.3 is 4.74 Å². The molecule has 2 rings (SSSR count).